The molecule has 7 heteroatoms. The van der Waals surface area contributed by atoms with E-state index in [1.54, 1.807) is 18.2 Å². The summed E-state index contributed by atoms with van der Waals surface area (Å²) in [6.07, 6.45) is 1.45. The highest BCUT2D eigenvalue weighted by molar-refractivity contribution is 5.84. The van der Waals surface area contributed by atoms with Crippen LogP contribution in [0.5, 0.6) is 11.8 Å². The number of aldehydes is 2. The summed E-state index contributed by atoms with van der Waals surface area (Å²) in [4.78, 5) is 31.4. The second-order valence-corrected chi connectivity index (χ2v) is 7.91. The molecule has 2 aromatic heterocycles. The third-order valence-corrected chi connectivity index (χ3v) is 5.92. The maximum absolute atomic E-state index is 11.3. The molecule has 0 bridgehead atoms. The van der Waals surface area contributed by atoms with Crippen molar-refractivity contribution in [2.75, 3.05) is 19.5 Å². The van der Waals surface area contributed by atoms with Crippen molar-refractivity contribution < 1.29 is 19.1 Å². The molecule has 0 atom stereocenters. The normalized spacial score (nSPS) is 10.5. The molecule has 0 aliphatic carbocycles. The van der Waals surface area contributed by atoms with Gasteiger partial charge in [-0.1, -0.05) is 30.3 Å². The Labute approximate surface area is 203 Å². The zero-order valence-electron chi connectivity index (χ0n) is 20.0. The van der Waals surface area contributed by atoms with Crippen molar-refractivity contribution in [3.05, 3.63) is 82.9 Å². The van der Waals surface area contributed by atoms with Gasteiger partial charge in [-0.15, -0.1) is 0 Å². The monoisotopic (exact) mass is 467 g/mol. The first-order chi connectivity index (χ1) is 17.0. The van der Waals surface area contributed by atoms with E-state index in [0.29, 0.717) is 29.1 Å². The molecule has 0 unspecified atom stereocenters. The maximum Gasteiger partial charge on any atom is 0.225 e. The van der Waals surface area contributed by atoms with Crippen molar-refractivity contribution in [3.8, 4) is 34.1 Å². The van der Waals surface area contributed by atoms with Crippen LogP contribution in [0.25, 0.3) is 22.4 Å². The molecule has 1 N–H and O–H groups in total. The number of pyridine rings is 2. The van der Waals surface area contributed by atoms with E-state index in [2.05, 4.69) is 34.3 Å². The summed E-state index contributed by atoms with van der Waals surface area (Å²) in [6.45, 7) is 4.09. The third-order valence-electron chi connectivity index (χ3n) is 5.92. The maximum atomic E-state index is 11.3. The number of methoxy groups -OCH3 is 2. The average molecular weight is 468 g/mol. The summed E-state index contributed by atoms with van der Waals surface area (Å²) in [6, 6.07) is 19.0. The highest BCUT2D eigenvalue weighted by atomic mass is 16.5. The van der Waals surface area contributed by atoms with Gasteiger partial charge in [0, 0.05) is 11.3 Å². The van der Waals surface area contributed by atoms with Crippen LogP contribution in [0.3, 0.4) is 0 Å². The summed E-state index contributed by atoms with van der Waals surface area (Å²) in [5.41, 5.74) is 7.57. The van der Waals surface area contributed by atoms with Gasteiger partial charge in [0.1, 0.15) is 5.82 Å². The number of nitrogens with zero attached hydrogens (tertiary/aromatic N) is 2. The molecule has 0 amide bonds. The molecule has 2 aromatic carbocycles. The van der Waals surface area contributed by atoms with Crippen molar-refractivity contribution >= 4 is 24.1 Å². The Balaban J connectivity index is 1.74. The quantitative estimate of drug-likeness (QED) is 0.327. The fourth-order valence-corrected chi connectivity index (χ4v) is 4.03. The molecule has 0 aliphatic heterocycles. The van der Waals surface area contributed by atoms with Crippen LogP contribution in [-0.4, -0.2) is 36.8 Å². The van der Waals surface area contributed by atoms with E-state index in [1.807, 2.05) is 37.3 Å². The summed E-state index contributed by atoms with van der Waals surface area (Å²) < 4.78 is 10.5. The zero-order chi connectivity index (χ0) is 24.9. The highest BCUT2D eigenvalue weighted by Gasteiger charge is 2.15. The van der Waals surface area contributed by atoms with E-state index in [1.165, 1.54) is 14.2 Å². The molecule has 0 spiro atoms. The summed E-state index contributed by atoms with van der Waals surface area (Å²) in [7, 11) is 2.98. The number of anilines is 2. The van der Waals surface area contributed by atoms with Gasteiger partial charge in [-0.3, -0.25) is 9.59 Å². The van der Waals surface area contributed by atoms with Crippen LogP contribution < -0.4 is 14.8 Å². The van der Waals surface area contributed by atoms with Gasteiger partial charge < -0.3 is 14.8 Å². The van der Waals surface area contributed by atoms with Gasteiger partial charge in [-0.25, -0.2) is 4.98 Å². The Bertz CT molecular complexity index is 1420. The third kappa shape index (κ3) is 4.61. The lowest BCUT2D eigenvalue weighted by Crippen LogP contribution is -2.01. The topological polar surface area (TPSA) is 90.4 Å². The van der Waals surface area contributed by atoms with E-state index in [-0.39, 0.29) is 5.88 Å². The first-order valence-electron chi connectivity index (χ1n) is 11.0. The molecule has 0 radical (unpaired) electrons. The SMILES string of the molecule is COc1nc(Nc2cccc(-c3cccc(-c4ccc(C=O)c(OC)n4)c3C)c2C)ccc1C=O. The fraction of sp³-hybridized carbons (Fsp3) is 0.143. The first-order valence-corrected chi connectivity index (χ1v) is 11.0. The van der Waals surface area contributed by atoms with Crippen molar-refractivity contribution in [2.45, 2.75) is 13.8 Å². The minimum atomic E-state index is 0.269. The molecule has 0 saturated heterocycles. The Morgan fingerprint density at radius 2 is 1.26 bits per heavy atom. The van der Waals surface area contributed by atoms with Gasteiger partial charge in [-0.2, -0.15) is 4.98 Å². The molecule has 7 nitrogen and oxygen atoms in total. The number of hydrogen-bond donors (Lipinski definition) is 1. The van der Waals surface area contributed by atoms with E-state index in [0.717, 1.165) is 45.5 Å². The number of ether oxygens (including phenoxy) is 2. The Morgan fingerprint density at radius 1 is 0.686 bits per heavy atom. The molecule has 2 heterocycles. The molecule has 35 heavy (non-hydrogen) atoms. The van der Waals surface area contributed by atoms with E-state index in [9.17, 15) is 9.59 Å². The van der Waals surface area contributed by atoms with Crippen LogP contribution in [-0.2, 0) is 0 Å². The summed E-state index contributed by atoms with van der Waals surface area (Å²) in [5, 5.41) is 3.33. The lowest BCUT2D eigenvalue weighted by Gasteiger charge is -2.17. The standard InChI is InChI=1S/C28H25N3O4/c1-17-21(7-5-9-23(17)25-13-11-19(15-32)27(30-25)34-3)22-8-6-10-24(18(22)2)29-26-14-12-20(16-33)28(31-26)35-4/h5-16H,1-4H3,(H,29,31). The van der Waals surface area contributed by atoms with Crippen LogP contribution >= 0.6 is 0 Å². The minimum absolute atomic E-state index is 0.269. The van der Waals surface area contributed by atoms with Crippen LogP contribution in [0.1, 0.15) is 31.8 Å². The van der Waals surface area contributed by atoms with Gasteiger partial charge in [0.05, 0.1) is 31.0 Å². The summed E-state index contributed by atoms with van der Waals surface area (Å²) >= 11 is 0. The molecule has 176 valence electrons. The number of rotatable bonds is 8. The van der Waals surface area contributed by atoms with Gasteiger partial charge >= 0.3 is 0 Å². The highest BCUT2D eigenvalue weighted by Crippen LogP contribution is 2.36. The Hall–Kier alpha value is -4.52. The minimum Gasteiger partial charge on any atom is -0.480 e. The van der Waals surface area contributed by atoms with Crippen molar-refractivity contribution in [1.82, 2.24) is 9.97 Å². The zero-order valence-corrected chi connectivity index (χ0v) is 20.0. The van der Waals surface area contributed by atoms with Crippen LogP contribution in [0.15, 0.2) is 60.7 Å². The Kier molecular flexibility index (Phi) is 6.87. The van der Waals surface area contributed by atoms with Gasteiger partial charge in [0.25, 0.3) is 0 Å². The smallest absolute Gasteiger partial charge is 0.225 e. The molecular formula is C28H25N3O4. The summed E-state index contributed by atoms with van der Waals surface area (Å²) in [5.74, 6) is 1.14. The molecule has 0 aliphatic rings. The largest absolute Gasteiger partial charge is 0.480 e. The van der Waals surface area contributed by atoms with E-state index in [4.69, 9.17) is 9.47 Å². The first kappa shape index (κ1) is 23.6. The second-order valence-electron chi connectivity index (χ2n) is 7.91. The number of aromatic nitrogens is 2. The predicted octanol–water partition coefficient (Wildman–Crippen LogP) is 5.81. The molecule has 4 rings (SSSR count). The number of carbonyl (C=O) groups excluding carboxylic acids is 2. The van der Waals surface area contributed by atoms with Gasteiger partial charge in [-0.05, 0) is 66.4 Å². The van der Waals surface area contributed by atoms with Crippen LogP contribution in [0.2, 0.25) is 0 Å². The van der Waals surface area contributed by atoms with E-state index < -0.39 is 0 Å². The van der Waals surface area contributed by atoms with Gasteiger partial charge in [0.2, 0.25) is 11.8 Å². The number of hydrogen-bond acceptors (Lipinski definition) is 7. The lowest BCUT2D eigenvalue weighted by molar-refractivity contribution is 0.111. The predicted molar refractivity (Wildman–Crippen MR) is 136 cm³/mol. The van der Waals surface area contributed by atoms with Crippen LogP contribution in [0, 0.1) is 13.8 Å². The fourth-order valence-electron chi connectivity index (χ4n) is 4.03. The van der Waals surface area contributed by atoms with Crippen molar-refractivity contribution in [3.63, 3.8) is 0 Å². The Morgan fingerprint density at radius 3 is 1.91 bits per heavy atom. The molecule has 0 saturated carbocycles. The lowest BCUT2D eigenvalue weighted by atomic mass is 9.91. The van der Waals surface area contributed by atoms with Gasteiger partial charge in [0.15, 0.2) is 12.6 Å². The van der Waals surface area contributed by atoms with Crippen molar-refractivity contribution in [1.29, 1.82) is 0 Å². The number of nitrogens with one attached hydrogen (secondary N) is 1. The van der Waals surface area contributed by atoms with Crippen molar-refractivity contribution in [2.24, 2.45) is 0 Å². The molecule has 4 aromatic rings. The number of benzene rings is 2. The number of carbonyl (C=O) groups is 2. The van der Waals surface area contributed by atoms with E-state index >= 15 is 0 Å². The molecule has 0 fully saturated rings. The molecular weight excluding hydrogens is 442 g/mol. The second kappa shape index (κ2) is 10.2. The van der Waals surface area contributed by atoms with Crippen LogP contribution in [0.4, 0.5) is 11.5 Å². The average Bonchev–Trinajstić information content (AvgIpc) is 2.89.